The Morgan fingerprint density at radius 3 is 1.15 bits per heavy atom. The summed E-state index contributed by atoms with van der Waals surface area (Å²) in [5.74, 6) is -0.363. The molecule has 4 aromatic rings. The molecule has 4 aromatic carbocycles. The molecule has 3 atom stereocenters. The number of ketones is 3. The number of benzene rings is 4. The van der Waals surface area contributed by atoms with Gasteiger partial charge in [0.2, 0.25) is 0 Å². The lowest BCUT2D eigenvalue weighted by atomic mass is 9.86. The highest BCUT2D eigenvalue weighted by molar-refractivity contribution is 5.99. The van der Waals surface area contributed by atoms with Crippen LogP contribution in [0.2, 0.25) is 0 Å². The van der Waals surface area contributed by atoms with E-state index >= 15 is 0 Å². The molecule has 0 spiro atoms. The summed E-state index contributed by atoms with van der Waals surface area (Å²) in [5, 5.41) is 0. The Morgan fingerprint density at radius 2 is 0.821 bits per heavy atom. The van der Waals surface area contributed by atoms with E-state index in [1.807, 2.05) is 112 Å². The van der Waals surface area contributed by atoms with E-state index < -0.39 is 0 Å². The maximum atomic E-state index is 13.1. The zero-order chi connectivity index (χ0) is 27.8. The smallest absolute Gasteiger partial charge is 0.165 e. The molecule has 0 aromatic heterocycles. The summed E-state index contributed by atoms with van der Waals surface area (Å²) in [6, 6.07) is 35.7. The number of hydrogen-bond acceptors (Lipinski definition) is 3. The van der Waals surface area contributed by atoms with E-state index in [1.165, 1.54) is 0 Å². The van der Waals surface area contributed by atoms with Gasteiger partial charge < -0.3 is 0 Å². The largest absolute Gasteiger partial charge is 0.294 e. The van der Waals surface area contributed by atoms with Crippen molar-refractivity contribution < 1.29 is 14.4 Å². The Hall–Kier alpha value is -4.11. The van der Waals surface area contributed by atoms with Gasteiger partial charge in [0, 0.05) is 34.4 Å². The Morgan fingerprint density at radius 1 is 0.513 bits per heavy atom. The van der Waals surface area contributed by atoms with E-state index in [9.17, 15) is 14.4 Å². The predicted octanol–water partition coefficient (Wildman–Crippen LogP) is 7.67. The van der Waals surface area contributed by atoms with Crippen LogP contribution in [-0.2, 0) is 19.3 Å². The molecule has 0 fully saturated rings. The van der Waals surface area contributed by atoms with Gasteiger partial charge in [-0.25, -0.2) is 0 Å². The van der Waals surface area contributed by atoms with Crippen molar-refractivity contribution in [1.29, 1.82) is 0 Å². The van der Waals surface area contributed by atoms with Crippen LogP contribution in [0.4, 0.5) is 0 Å². The van der Waals surface area contributed by atoms with Crippen LogP contribution in [0.3, 0.4) is 0 Å². The van der Waals surface area contributed by atoms with Crippen molar-refractivity contribution in [1.82, 2.24) is 0 Å². The summed E-state index contributed by atoms with van der Waals surface area (Å²) in [6.07, 6.45) is 1.65. The van der Waals surface area contributed by atoms with Crippen LogP contribution in [0.1, 0.15) is 68.5 Å². The van der Waals surface area contributed by atoms with Gasteiger partial charge in [-0.05, 0) is 42.0 Å². The van der Waals surface area contributed by atoms with E-state index in [2.05, 4.69) is 18.2 Å². The van der Waals surface area contributed by atoms with Gasteiger partial charge in [-0.15, -0.1) is 0 Å². The van der Waals surface area contributed by atoms with Crippen LogP contribution in [0.5, 0.6) is 0 Å². The Balaban J connectivity index is 1.58. The van der Waals surface area contributed by atoms with Crippen molar-refractivity contribution in [3.63, 3.8) is 0 Å². The normalized spacial score (nSPS) is 13.3. The molecule has 197 valence electrons. The molecule has 0 aliphatic heterocycles. The lowest BCUT2D eigenvalue weighted by Gasteiger charge is -2.17. The van der Waals surface area contributed by atoms with Gasteiger partial charge in [0.1, 0.15) is 0 Å². The van der Waals surface area contributed by atoms with Crippen molar-refractivity contribution in [3.8, 4) is 0 Å². The molecule has 0 saturated carbocycles. The lowest BCUT2D eigenvalue weighted by molar-refractivity contribution is 0.0923. The zero-order valence-electron chi connectivity index (χ0n) is 22.9. The van der Waals surface area contributed by atoms with Crippen LogP contribution < -0.4 is 0 Å². The second-order valence-electron chi connectivity index (χ2n) is 10.5. The van der Waals surface area contributed by atoms with Crippen molar-refractivity contribution in [3.05, 3.63) is 143 Å². The third kappa shape index (κ3) is 7.48. The van der Waals surface area contributed by atoms with Gasteiger partial charge in [0.05, 0.1) is 0 Å². The number of Topliss-reactive ketones (excluding diaryl/α,β-unsaturated/α-hetero) is 3. The molecule has 4 rings (SSSR count). The molecule has 0 heterocycles. The van der Waals surface area contributed by atoms with Crippen molar-refractivity contribution in [2.75, 3.05) is 0 Å². The Kier molecular flexibility index (Phi) is 9.38. The summed E-state index contributed by atoms with van der Waals surface area (Å²) in [6.45, 7) is 5.84. The maximum Gasteiger partial charge on any atom is 0.165 e. The van der Waals surface area contributed by atoms with E-state index in [4.69, 9.17) is 0 Å². The number of carbonyl (C=O) groups excluding carboxylic acids is 3. The molecular weight excluding hydrogens is 480 g/mol. The average molecular weight is 516 g/mol. The second-order valence-corrected chi connectivity index (χ2v) is 10.5. The molecule has 1 radical (unpaired) electrons. The Bertz CT molecular complexity index is 1220. The Labute approximate surface area is 231 Å². The first-order valence-corrected chi connectivity index (χ1v) is 13.6. The molecular formula is C36H35O3. The molecule has 0 saturated heterocycles. The molecule has 0 aliphatic carbocycles. The first-order chi connectivity index (χ1) is 18.8. The third-order valence-corrected chi connectivity index (χ3v) is 7.15. The zero-order valence-corrected chi connectivity index (χ0v) is 22.9. The lowest BCUT2D eigenvalue weighted by Crippen LogP contribution is -2.17. The second kappa shape index (κ2) is 13.1. The van der Waals surface area contributed by atoms with Crippen molar-refractivity contribution >= 4 is 17.3 Å². The summed E-state index contributed by atoms with van der Waals surface area (Å²) < 4.78 is 0. The molecule has 3 unspecified atom stereocenters. The van der Waals surface area contributed by atoms with E-state index in [-0.39, 0.29) is 35.1 Å². The van der Waals surface area contributed by atoms with Gasteiger partial charge in [-0.2, -0.15) is 0 Å². The van der Waals surface area contributed by atoms with Gasteiger partial charge in [0.25, 0.3) is 0 Å². The fourth-order valence-corrected chi connectivity index (χ4v) is 5.06. The van der Waals surface area contributed by atoms with Crippen molar-refractivity contribution in [2.24, 2.45) is 17.8 Å². The highest BCUT2D eigenvalue weighted by Crippen LogP contribution is 2.23. The predicted molar refractivity (Wildman–Crippen MR) is 156 cm³/mol. The first-order valence-electron chi connectivity index (χ1n) is 13.6. The minimum Gasteiger partial charge on any atom is -0.294 e. The van der Waals surface area contributed by atoms with Crippen LogP contribution in [0, 0.1) is 23.8 Å². The molecule has 3 nitrogen and oxygen atoms in total. The SMILES string of the molecule is CC(Cc1[c]c(CC(C)C(=O)c2ccccc2)cc(CC(C)C(=O)c2ccccc2)c1)C(=O)c1ccccc1. The highest BCUT2D eigenvalue weighted by atomic mass is 16.1. The molecule has 0 aliphatic rings. The maximum absolute atomic E-state index is 13.1. The number of hydrogen-bond donors (Lipinski definition) is 0. The van der Waals surface area contributed by atoms with E-state index in [0.717, 1.165) is 16.7 Å². The number of rotatable bonds is 12. The van der Waals surface area contributed by atoms with Gasteiger partial charge >= 0.3 is 0 Å². The molecule has 0 amide bonds. The molecule has 0 N–H and O–H groups in total. The minimum absolute atomic E-state index is 0.0937. The van der Waals surface area contributed by atoms with E-state index in [0.29, 0.717) is 36.0 Å². The quantitative estimate of drug-likeness (QED) is 0.182. The first kappa shape index (κ1) is 27.9. The van der Waals surface area contributed by atoms with E-state index in [1.54, 1.807) is 0 Å². The van der Waals surface area contributed by atoms with Gasteiger partial charge in [-0.1, -0.05) is 124 Å². The van der Waals surface area contributed by atoms with Gasteiger partial charge in [-0.3, -0.25) is 14.4 Å². The van der Waals surface area contributed by atoms with Crippen LogP contribution >= 0.6 is 0 Å². The third-order valence-electron chi connectivity index (χ3n) is 7.15. The molecule has 39 heavy (non-hydrogen) atoms. The highest BCUT2D eigenvalue weighted by Gasteiger charge is 2.21. The molecule has 0 bridgehead atoms. The molecule has 3 heteroatoms. The number of carbonyl (C=O) groups is 3. The monoisotopic (exact) mass is 515 g/mol. The summed E-state index contributed by atoms with van der Waals surface area (Å²) in [7, 11) is 0. The topological polar surface area (TPSA) is 51.2 Å². The minimum atomic E-state index is -0.224. The van der Waals surface area contributed by atoms with Crippen molar-refractivity contribution in [2.45, 2.75) is 40.0 Å². The van der Waals surface area contributed by atoms with Crippen LogP contribution in [0.25, 0.3) is 0 Å². The fourth-order valence-electron chi connectivity index (χ4n) is 5.06. The fraction of sp³-hybridized carbons (Fsp3) is 0.250. The summed E-state index contributed by atoms with van der Waals surface area (Å²) in [5.41, 5.74) is 4.98. The van der Waals surface area contributed by atoms with Gasteiger partial charge in [0.15, 0.2) is 17.3 Å². The standard InChI is InChI=1S/C36H35O3/c1-25(34(37)31-13-7-4-8-14-31)19-28-22-29(20-26(2)35(38)32-15-9-5-10-16-32)24-30(23-28)21-27(3)36(39)33-17-11-6-12-18-33/h4-18,22-23,25-27H,19-21H2,1-3H3. The van der Waals surface area contributed by atoms with Crippen LogP contribution in [0.15, 0.2) is 103 Å². The summed E-state index contributed by atoms with van der Waals surface area (Å²) >= 11 is 0. The summed E-state index contributed by atoms with van der Waals surface area (Å²) in [4.78, 5) is 39.2. The van der Waals surface area contributed by atoms with Crippen LogP contribution in [-0.4, -0.2) is 17.3 Å². The average Bonchev–Trinajstić information content (AvgIpc) is 2.97.